The standard InChI is InChI=1S/C27H35N3O8/c1-9-38-27(34)21-14(2)19(15(3)28-21)23(31)20-22(30(11-10-29(4)5)26(33)24(20)32)16-12-17(35-6)25(37-8)18(13-16)36-7/h12-13,22,28,31H,9-11H2,1-8H3/b23-20+. The number of carbonyl (C=O) groups is 3. The van der Waals surface area contributed by atoms with Crippen molar-refractivity contribution in [2.75, 3.05) is 55.1 Å². The van der Waals surface area contributed by atoms with E-state index >= 15 is 0 Å². The Balaban J connectivity index is 2.30. The molecule has 3 rings (SSSR count). The van der Waals surface area contributed by atoms with E-state index in [1.54, 1.807) is 32.9 Å². The fraction of sp³-hybridized carbons (Fsp3) is 0.444. The molecule has 1 aliphatic rings. The van der Waals surface area contributed by atoms with E-state index in [0.717, 1.165) is 0 Å². The first-order valence-corrected chi connectivity index (χ1v) is 12.1. The maximum Gasteiger partial charge on any atom is 0.355 e. The average Bonchev–Trinajstić information content (AvgIpc) is 3.33. The summed E-state index contributed by atoms with van der Waals surface area (Å²) in [5, 5.41) is 11.6. The van der Waals surface area contributed by atoms with Crippen LogP contribution in [0.4, 0.5) is 0 Å². The summed E-state index contributed by atoms with van der Waals surface area (Å²) in [4.78, 5) is 45.4. The summed E-state index contributed by atoms with van der Waals surface area (Å²) in [6.45, 7) is 5.87. The number of H-pyrrole nitrogens is 1. The van der Waals surface area contributed by atoms with E-state index in [2.05, 4.69) is 4.98 Å². The number of benzene rings is 1. The zero-order valence-electron chi connectivity index (χ0n) is 23.1. The Morgan fingerprint density at radius 2 is 1.68 bits per heavy atom. The Labute approximate surface area is 221 Å². The van der Waals surface area contributed by atoms with Gasteiger partial charge in [-0.3, -0.25) is 9.59 Å². The zero-order chi connectivity index (χ0) is 28.3. The third-order valence-electron chi connectivity index (χ3n) is 6.48. The summed E-state index contributed by atoms with van der Waals surface area (Å²) in [6, 6.07) is 2.34. The van der Waals surface area contributed by atoms with Crippen molar-refractivity contribution in [1.82, 2.24) is 14.8 Å². The molecule has 0 aliphatic carbocycles. The lowest BCUT2D eigenvalue weighted by Gasteiger charge is -2.27. The number of carbonyl (C=O) groups excluding carboxylic acids is 3. The molecular formula is C27H35N3O8. The summed E-state index contributed by atoms with van der Waals surface area (Å²) >= 11 is 0. The van der Waals surface area contributed by atoms with Crippen LogP contribution in [0, 0.1) is 13.8 Å². The van der Waals surface area contributed by atoms with Gasteiger partial charge in [0.15, 0.2) is 11.5 Å². The molecule has 2 heterocycles. The monoisotopic (exact) mass is 529 g/mol. The number of hydrogen-bond acceptors (Lipinski definition) is 9. The van der Waals surface area contributed by atoms with E-state index in [4.69, 9.17) is 18.9 Å². The van der Waals surface area contributed by atoms with Gasteiger partial charge in [0.05, 0.1) is 39.6 Å². The molecular weight excluding hydrogens is 494 g/mol. The number of ketones is 1. The van der Waals surface area contributed by atoms with E-state index in [0.29, 0.717) is 40.6 Å². The normalized spacial score (nSPS) is 16.8. The van der Waals surface area contributed by atoms with Crippen LogP contribution < -0.4 is 14.2 Å². The largest absolute Gasteiger partial charge is 0.507 e. The molecule has 38 heavy (non-hydrogen) atoms. The van der Waals surface area contributed by atoms with Gasteiger partial charge < -0.3 is 38.8 Å². The number of esters is 1. The number of nitrogens with zero attached hydrogens (tertiary/aromatic N) is 2. The van der Waals surface area contributed by atoms with E-state index in [1.165, 1.54) is 26.2 Å². The van der Waals surface area contributed by atoms with Crippen molar-refractivity contribution in [2.24, 2.45) is 0 Å². The van der Waals surface area contributed by atoms with Gasteiger partial charge in [0.1, 0.15) is 11.5 Å². The van der Waals surface area contributed by atoms with Crippen LogP contribution >= 0.6 is 0 Å². The number of nitrogens with one attached hydrogen (secondary N) is 1. The number of hydrogen-bond donors (Lipinski definition) is 2. The van der Waals surface area contributed by atoms with Crippen molar-refractivity contribution in [3.8, 4) is 17.2 Å². The van der Waals surface area contributed by atoms with Gasteiger partial charge in [0.2, 0.25) is 5.75 Å². The second kappa shape index (κ2) is 11.6. The number of likely N-dealkylation sites (N-methyl/N-ethyl adjacent to an activating group) is 1. The van der Waals surface area contributed by atoms with Gasteiger partial charge in [0.25, 0.3) is 11.7 Å². The molecule has 1 fully saturated rings. The van der Waals surface area contributed by atoms with Gasteiger partial charge in [-0.05, 0) is 58.1 Å². The van der Waals surface area contributed by atoms with Crippen LogP contribution in [0.5, 0.6) is 17.2 Å². The number of Topliss-reactive ketones (excluding diaryl/α,β-unsaturated/α-hetero) is 1. The van der Waals surface area contributed by atoms with Crippen LogP contribution in [-0.4, -0.2) is 92.7 Å². The quantitative estimate of drug-likeness (QED) is 0.206. The minimum absolute atomic E-state index is 0.108. The fourth-order valence-corrected chi connectivity index (χ4v) is 4.67. The highest BCUT2D eigenvalue weighted by Crippen LogP contribution is 2.46. The number of likely N-dealkylation sites (tertiary alicyclic amines) is 1. The smallest absolute Gasteiger partial charge is 0.355 e. The summed E-state index contributed by atoms with van der Waals surface area (Å²) in [5.74, 6) is -1.55. The first kappa shape index (κ1) is 28.6. The molecule has 1 aliphatic heterocycles. The lowest BCUT2D eigenvalue weighted by molar-refractivity contribution is -0.140. The van der Waals surface area contributed by atoms with Gasteiger partial charge in [-0.1, -0.05) is 0 Å². The topological polar surface area (TPSA) is 131 Å². The van der Waals surface area contributed by atoms with Crippen LogP contribution in [0.1, 0.15) is 45.8 Å². The maximum absolute atomic E-state index is 13.4. The summed E-state index contributed by atoms with van der Waals surface area (Å²) in [5.41, 5.74) is 1.65. The third kappa shape index (κ3) is 5.06. The molecule has 11 heteroatoms. The molecule has 0 radical (unpaired) electrons. The van der Waals surface area contributed by atoms with Crippen LogP contribution in [0.3, 0.4) is 0 Å². The molecule has 0 saturated carbocycles. The second-order valence-corrected chi connectivity index (χ2v) is 9.10. The lowest BCUT2D eigenvalue weighted by atomic mass is 9.93. The van der Waals surface area contributed by atoms with Crippen molar-refractivity contribution in [1.29, 1.82) is 0 Å². The molecule has 206 valence electrons. The van der Waals surface area contributed by atoms with Crippen molar-refractivity contribution in [3.05, 3.63) is 45.8 Å². The number of aliphatic hydroxyl groups excluding tert-OH is 1. The minimum atomic E-state index is -0.955. The highest BCUT2D eigenvalue weighted by atomic mass is 16.5. The van der Waals surface area contributed by atoms with Crippen LogP contribution in [-0.2, 0) is 14.3 Å². The predicted octanol–water partition coefficient (Wildman–Crippen LogP) is 2.82. The van der Waals surface area contributed by atoms with Gasteiger partial charge in [0, 0.05) is 24.3 Å². The number of aromatic nitrogens is 1. The molecule has 1 atom stereocenters. The Hall–Kier alpha value is -3.99. The van der Waals surface area contributed by atoms with Crippen LogP contribution in [0.15, 0.2) is 17.7 Å². The van der Waals surface area contributed by atoms with Gasteiger partial charge in [-0.15, -0.1) is 0 Å². The molecule has 11 nitrogen and oxygen atoms in total. The zero-order valence-corrected chi connectivity index (χ0v) is 23.1. The van der Waals surface area contributed by atoms with E-state index < -0.39 is 29.5 Å². The molecule has 1 amide bonds. The van der Waals surface area contributed by atoms with E-state index in [-0.39, 0.29) is 30.0 Å². The number of aryl methyl sites for hydroxylation is 1. The lowest BCUT2D eigenvalue weighted by Crippen LogP contribution is -2.35. The summed E-state index contributed by atoms with van der Waals surface area (Å²) in [7, 11) is 8.12. The third-order valence-corrected chi connectivity index (χ3v) is 6.48. The summed E-state index contributed by atoms with van der Waals surface area (Å²) < 4.78 is 21.5. The Morgan fingerprint density at radius 3 is 2.18 bits per heavy atom. The number of amides is 1. The number of methoxy groups -OCH3 is 3. The van der Waals surface area contributed by atoms with Gasteiger partial charge in [-0.25, -0.2) is 4.79 Å². The molecule has 0 spiro atoms. The minimum Gasteiger partial charge on any atom is -0.507 e. The van der Waals surface area contributed by atoms with E-state index in [9.17, 15) is 19.5 Å². The maximum atomic E-state index is 13.4. The molecule has 1 aromatic carbocycles. The second-order valence-electron chi connectivity index (χ2n) is 9.10. The number of aromatic amines is 1. The SMILES string of the molecule is CCOC(=O)c1[nH]c(C)c(/C(O)=C2\C(=O)C(=O)N(CCN(C)C)C2c2cc(OC)c(OC)c(OC)c2)c1C. The molecule has 1 aromatic heterocycles. The highest BCUT2D eigenvalue weighted by Gasteiger charge is 2.47. The van der Waals surface area contributed by atoms with E-state index in [1.807, 2.05) is 19.0 Å². The Bertz CT molecular complexity index is 1250. The number of aliphatic hydroxyl groups is 1. The first-order valence-electron chi connectivity index (χ1n) is 12.1. The van der Waals surface area contributed by atoms with Crippen LogP contribution in [0.2, 0.25) is 0 Å². The molecule has 0 bridgehead atoms. The summed E-state index contributed by atoms with van der Waals surface area (Å²) in [6.07, 6.45) is 0. The fourth-order valence-electron chi connectivity index (χ4n) is 4.67. The Kier molecular flexibility index (Phi) is 8.72. The van der Waals surface area contributed by atoms with Crippen molar-refractivity contribution < 1.29 is 38.4 Å². The van der Waals surface area contributed by atoms with Gasteiger partial charge in [-0.2, -0.15) is 0 Å². The molecule has 1 saturated heterocycles. The average molecular weight is 530 g/mol. The van der Waals surface area contributed by atoms with Crippen molar-refractivity contribution >= 4 is 23.4 Å². The van der Waals surface area contributed by atoms with Crippen molar-refractivity contribution in [3.63, 3.8) is 0 Å². The molecule has 2 N–H and O–H groups in total. The van der Waals surface area contributed by atoms with Crippen molar-refractivity contribution in [2.45, 2.75) is 26.8 Å². The first-order chi connectivity index (χ1) is 18.0. The highest BCUT2D eigenvalue weighted by molar-refractivity contribution is 6.46. The van der Waals surface area contributed by atoms with Gasteiger partial charge >= 0.3 is 5.97 Å². The molecule has 1 unspecified atom stereocenters. The number of rotatable bonds is 10. The Morgan fingerprint density at radius 1 is 1.08 bits per heavy atom. The predicted molar refractivity (Wildman–Crippen MR) is 140 cm³/mol. The molecule has 2 aromatic rings. The van der Waals surface area contributed by atoms with Crippen LogP contribution in [0.25, 0.3) is 5.76 Å². The number of ether oxygens (including phenoxy) is 4.